The normalized spacial score (nSPS) is 11.8. The summed E-state index contributed by atoms with van der Waals surface area (Å²) in [6.07, 6.45) is 0.0449. The molecule has 0 radical (unpaired) electrons. The van der Waals surface area contributed by atoms with Gasteiger partial charge in [0.15, 0.2) is 11.6 Å². The molecule has 2 rings (SSSR count). The number of nitrogens with one attached hydrogen (secondary N) is 1. The number of carbonyl (C=O) groups is 2. The highest BCUT2D eigenvalue weighted by Crippen LogP contribution is 2.20. The van der Waals surface area contributed by atoms with Gasteiger partial charge in [0.2, 0.25) is 0 Å². The third-order valence-corrected chi connectivity index (χ3v) is 3.45. The topological polar surface area (TPSA) is 66.4 Å². The van der Waals surface area contributed by atoms with E-state index in [1.165, 1.54) is 0 Å². The Morgan fingerprint density at radius 1 is 1.13 bits per heavy atom. The lowest BCUT2D eigenvalue weighted by Crippen LogP contribution is -2.42. The molecule has 7 heteroatoms. The number of carbonyl (C=O) groups excluding carboxylic acids is 1. The minimum atomic E-state index is -1.25. The Balaban J connectivity index is 2.18. The van der Waals surface area contributed by atoms with Crippen LogP contribution in [0.15, 0.2) is 42.5 Å². The van der Waals surface area contributed by atoms with Crippen molar-refractivity contribution in [3.05, 3.63) is 70.2 Å². The summed E-state index contributed by atoms with van der Waals surface area (Å²) in [5.41, 5.74) is 0.376. The van der Waals surface area contributed by atoms with Crippen LogP contribution in [-0.2, 0) is 11.2 Å². The van der Waals surface area contributed by atoms with Gasteiger partial charge in [-0.05, 0) is 17.7 Å². The molecule has 0 fully saturated rings. The minimum Gasteiger partial charge on any atom is -0.480 e. The van der Waals surface area contributed by atoms with Gasteiger partial charge in [-0.15, -0.1) is 0 Å². The van der Waals surface area contributed by atoms with E-state index < -0.39 is 29.6 Å². The monoisotopic (exact) mass is 339 g/mol. The predicted octanol–water partition coefficient (Wildman–Crippen LogP) is 3.04. The quantitative estimate of drug-likeness (QED) is 0.823. The van der Waals surface area contributed by atoms with E-state index >= 15 is 0 Å². The summed E-state index contributed by atoms with van der Waals surface area (Å²) in [5.74, 6) is -4.57. The molecule has 0 aliphatic carbocycles. The van der Waals surface area contributed by atoms with E-state index in [9.17, 15) is 23.5 Å². The molecule has 0 saturated carbocycles. The number of benzene rings is 2. The summed E-state index contributed by atoms with van der Waals surface area (Å²) >= 11 is 5.70. The fraction of sp³-hybridized carbons (Fsp3) is 0.125. The maximum absolute atomic E-state index is 13.2. The molecule has 4 nitrogen and oxygen atoms in total. The van der Waals surface area contributed by atoms with Crippen LogP contribution in [0.2, 0.25) is 5.02 Å². The van der Waals surface area contributed by atoms with E-state index in [0.29, 0.717) is 17.7 Å². The zero-order chi connectivity index (χ0) is 17.0. The summed E-state index contributed by atoms with van der Waals surface area (Å²) < 4.78 is 26.2. The molecule has 0 aliphatic heterocycles. The number of halogens is 3. The average Bonchev–Trinajstić information content (AvgIpc) is 2.51. The second kappa shape index (κ2) is 7.19. The van der Waals surface area contributed by atoms with Gasteiger partial charge in [-0.3, -0.25) is 4.79 Å². The minimum absolute atomic E-state index is 0.0449. The Morgan fingerprint density at radius 2 is 1.74 bits per heavy atom. The molecule has 0 bridgehead atoms. The molecule has 0 unspecified atom stereocenters. The SMILES string of the molecule is O=C(N[C@H](Cc1ccccc1)C(=O)O)c1cc(F)c(F)cc1Cl. The summed E-state index contributed by atoms with van der Waals surface area (Å²) in [6.45, 7) is 0. The second-order valence-electron chi connectivity index (χ2n) is 4.80. The van der Waals surface area contributed by atoms with Crippen LogP contribution in [0.5, 0.6) is 0 Å². The first kappa shape index (κ1) is 16.9. The van der Waals surface area contributed by atoms with Crippen molar-refractivity contribution in [2.45, 2.75) is 12.5 Å². The van der Waals surface area contributed by atoms with Crippen LogP contribution in [0.4, 0.5) is 8.78 Å². The van der Waals surface area contributed by atoms with Gasteiger partial charge in [0, 0.05) is 6.42 Å². The number of amides is 1. The maximum Gasteiger partial charge on any atom is 0.326 e. The zero-order valence-electron chi connectivity index (χ0n) is 11.7. The fourth-order valence-electron chi connectivity index (χ4n) is 1.98. The van der Waals surface area contributed by atoms with Gasteiger partial charge >= 0.3 is 5.97 Å². The van der Waals surface area contributed by atoms with Crippen LogP contribution in [-0.4, -0.2) is 23.0 Å². The van der Waals surface area contributed by atoms with Crippen LogP contribution in [0, 0.1) is 11.6 Å². The highest BCUT2D eigenvalue weighted by Gasteiger charge is 2.23. The molecular formula is C16H12ClF2NO3. The molecule has 1 atom stereocenters. The largest absolute Gasteiger partial charge is 0.480 e. The first-order valence-electron chi connectivity index (χ1n) is 6.60. The van der Waals surface area contributed by atoms with Crippen LogP contribution >= 0.6 is 11.6 Å². The van der Waals surface area contributed by atoms with Crippen molar-refractivity contribution in [3.63, 3.8) is 0 Å². The molecule has 2 N–H and O–H groups in total. The van der Waals surface area contributed by atoms with Gasteiger partial charge in [-0.2, -0.15) is 0 Å². The van der Waals surface area contributed by atoms with E-state index in [1.54, 1.807) is 30.3 Å². The summed E-state index contributed by atoms with van der Waals surface area (Å²) in [5, 5.41) is 11.2. The number of hydrogen-bond donors (Lipinski definition) is 2. The van der Waals surface area contributed by atoms with Crippen molar-refractivity contribution in [2.24, 2.45) is 0 Å². The van der Waals surface area contributed by atoms with Gasteiger partial charge < -0.3 is 10.4 Å². The van der Waals surface area contributed by atoms with Crippen molar-refractivity contribution < 1.29 is 23.5 Å². The lowest BCUT2D eigenvalue weighted by molar-refractivity contribution is -0.139. The van der Waals surface area contributed by atoms with Gasteiger partial charge in [0.1, 0.15) is 6.04 Å². The zero-order valence-corrected chi connectivity index (χ0v) is 12.5. The third-order valence-electron chi connectivity index (χ3n) is 3.14. The summed E-state index contributed by atoms with van der Waals surface area (Å²) in [4.78, 5) is 23.4. The van der Waals surface area contributed by atoms with Crippen molar-refractivity contribution in [1.29, 1.82) is 0 Å². The van der Waals surface area contributed by atoms with Crippen molar-refractivity contribution >= 4 is 23.5 Å². The van der Waals surface area contributed by atoms with E-state index in [0.717, 1.165) is 0 Å². The second-order valence-corrected chi connectivity index (χ2v) is 5.21. The van der Waals surface area contributed by atoms with Crippen LogP contribution in [0.3, 0.4) is 0 Å². The molecule has 0 spiro atoms. The predicted molar refractivity (Wildman–Crippen MR) is 80.4 cm³/mol. The van der Waals surface area contributed by atoms with Crippen LogP contribution in [0.25, 0.3) is 0 Å². The van der Waals surface area contributed by atoms with Gasteiger partial charge in [0.25, 0.3) is 5.91 Å². The highest BCUT2D eigenvalue weighted by atomic mass is 35.5. The van der Waals surface area contributed by atoms with E-state index in [2.05, 4.69) is 5.32 Å². The first-order chi connectivity index (χ1) is 10.9. The molecule has 0 aliphatic rings. The van der Waals surface area contributed by atoms with Crippen molar-refractivity contribution in [1.82, 2.24) is 5.32 Å². The number of carboxylic acids is 1. The number of hydrogen-bond acceptors (Lipinski definition) is 2. The molecular weight excluding hydrogens is 328 g/mol. The van der Waals surface area contributed by atoms with E-state index in [4.69, 9.17) is 11.6 Å². The third kappa shape index (κ3) is 4.26. The standard InChI is InChI=1S/C16H12ClF2NO3/c17-11-8-13(19)12(18)7-10(11)15(21)20-14(16(22)23)6-9-4-2-1-3-5-9/h1-5,7-8,14H,6H2,(H,20,21)(H,22,23)/t14-/m1/s1. The summed E-state index contributed by atoms with van der Waals surface area (Å²) in [6, 6.07) is 8.75. The molecule has 0 heterocycles. The molecule has 0 aromatic heterocycles. The Kier molecular flexibility index (Phi) is 5.28. The fourth-order valence-corrected chi connectivity index (χ4v) is 2.22. The van der Waals surface area contributed by atoms with Crippen LogP contribution < -0.4 is 5.32 Å². The molecule has 0 saturated heterocycles. The maximum atomic E-state index is 13.2. The number of aliphatic carboxylic acids is 1. The first-order valence-corrected chi connectivity index (χ1v) is 6.98. The Labute approximate surface area is 135 Å². The molecule has 1 amide bonds. The lowest BCUT2D eigenvalue weighted by Gasteiger charge is -2.15. The molecule has 2 aromatic rings. The van der Waals surface area contributed by atoms with Gasteiger partial charge in [-0.1, -0.05) is 41.9 Å². The molecule has 2 aromatic carbocycles. The number of rotatable bonds is 5. The Morgan fingerprint density at radius 3 is 2.35 bits per heavy atom. The number of carboxylic acid groups (broad SMARTS) is 1. The van der Waals surface area contributed by atoms with Crippen molar-refractivity contribution in [3.8, 4) is 0 Å². The Bertz CT molecular complexity index is 738. The van der Waals surface area contributed by atoms with Gasteiger partial charge in [0.05, 0.1) is 10.6 Å². The smallest absolute Gasteiger partial charge is 0.326 e. The van der Waals surface area contributed by atoms with Gasteiger partial charge in [-0.25, -0.2) is 13.6 Å². The average molecular weight is 340 g/mol. The lowest BCUT2D eigenvalue weighted by atomic mass is 10.1. The Hall–Kier alpha value is -2.47. The molecule has 120 valence electrons. The highest BCUT2D eigenvalue weighted by molar-refractivity contribution is 6.33. The van der Waals surface area contributed by atoms with E-state index in [1.807, 2.05) is 0 Å². The summed E-state index contributed by atoms with van der Waals surface area (Å²) in [7, 11) is 0. The molecule has 23 heavy (non-hydrogen) atoms. The van der Waals surface area contributed by atoms with Crippen molar-refractivity contribution in [2.75, 3.05) is 0 Å². The van der Waals surface area contributed by atoms with E-state index in [-0.39, 0.29) is 17.0 Å². The van der Waals surface area contributed by atoms with Crippen LogP contribution in [0.1, 0.15) is 15.9 Å².